The molecular formula is C18H25N5O2. The van der Waals surface area contributed by atoms with E-state index in [1.54, 1.807) is 29.7 Å². The van der Waals surface area contributed by atoms with Crippen LogP contribution in [-0.2, 0) is 23.2 Å². The van der Waals surface area contributed by atoms with Gasteiger partial charge in [0.1, 0.15) is 6.04 Å². The van der Waals surface area contributed by atoms with Gasteiger partial charge in [0.25, 0.3) is 0 Å². The average Bonchev–Trinajstić information content (AvgIpc) is 2.99. The minimum Gasteiger partial charge on any atom is -0.339 e. The number of hydrogen-bond donors (Lipinski definition) is 2. The summed E-state index contributed by atoms with van der Waals surface area (Å²) in [4.78, 5) is 25.9. The number of likely N-dealkylation sites (N-methyl/N-ethyl adjacent to an activating group) is 1. The number of aromatic nitrogens is 2. The van der Waals surface area contributed by atoms with Crippen LogP contribution in [0.3, 0.4) is 0 Å². The van der Waals surface area contributed by atoms with Crippen LogP contribution < -0.4 is 10.6 Å². The zero-order valence-electron chi connectivity index (χ0n) is 15.1. The zero-order chi connectivity index (χ0) is 18.4. The Hall–Kier alpha value is -2.67. The van der Waals surface area contributed by atoms with Crippen LogP contribution in [0.25, 0.3) is 0 Å². The van der Waals surface area contributed by atoms with E-state index in [2.05, 4.69) is 15.7 Å². The molecule has 25 heavy (non-hydrogen) atoms. The molecule has 2 amide bonds. The van der Waals surface area contributed by atoms with Crippen LogP contribution in [-0.4, -0.2) is 40.1 Å². The molecule has 0 radical (unpaired) electrons. The molecule has 1 unspecified atom stereocenters. The molecule has 7 nitrogen and oxygen atoms in total. The first kappa shape index (κ1) is 18.7. The van der Waals surface area contributed by atoms with Crippen molar-refractivity contribution in [3.63, 3.8) is 0 Å². The number of carbonyl (C=O) groups is 2. The second-order valence-corrected chi connectivity index (χ2v) is 5.89. The summed E-state index contributed by atoms with van der Waals surface area (Å²) in [7, 11) is 3.55. The molecule has 0 bridgehead atoms. The Balaban J connectivity index is 2.10. The fourth-order valence-electron chi connectivity index (χ4n) is 2.67. The molecule has 0 aliphatic rings. The number of anilines is 1. The molecule has 2 rings (SSSR count). The third kappa shape index (κ3) is 4.90. The van der Waals surface area contributed by atoms with Crippen molar-refractivity contribution in [1.29, 1.82) is 0 Å². The van der Waals surface area contributed by atoms with E-state index in [1.807, 2.05) is 44.4 Å². The highest BCUT2D eigenvalue weighted by Gasteiger charge is 2.20. The van der Waals surface area contributed by atoms with Crippen LogP contribution in [0.4, 0.5) is 5.69 Å². The lowest BCUT2D eigenvalue weighted by molar-refractivity contribution is -0.129. The van der Waals surface area contributed by atoms with Crippen molar-refractivity contribution in [2.24, 2.45) is 7.05 Å². The molecule has 1 atom stereocenters. The van der Waals surface area contributed by atoms with Gasteiger partial charge in [-0.3, -0.25) is 14.3 Å². The third-order valence-corrected chi connectivity index (χ3v) is 4.00. The van der Waals surface area contributed by atoms with Crippen molar-refractivity contribution in [2.45, 2.75) is 26.4 Å². The monoisotopic (exact) mass is 343 g/mol. The second-order valence-electron chi connectivity index (χ2n) is 5.89. The molecule has 0 saturated heterocycles. The summed E-state index contributed by atoms with van der Waals surface area (Å²) in [5, 5.41) is 10.0. The van der Waals surface area contributed by atoms with E-state index in [1.165, 1.54) is 0 Å². The summed E-state index contributed by atoms with van der Waals surface area (Å²) >= 11 is 0. The molecule has 1 heterocycles. The van der Waals surface area contributed by atoms with Crippen molar-refractivity contribution in [2.75, 3.05) is 18.9 Å². The maximum atomic E-state index is 12.6. The Bertz CT molecular complexity index is 741. The standard InChI is InChI=1S/C18H25N5O2/c1-5-23(13(2)24)11-14-7-6-8-16(9-14)21-18(25)17(19-3)15-10-20-22(4)12-15/h6-10,12,17,19H,5,11H2,1-4H3,(H,21,25). The smallest absolute Gasteiger partial charge is 0.246 e. The van der Waals surface area contributed by atoms with Crippen LogP contribution in [0.15, 0.2) is 36.7 Å². The number of nitrogens with zero attached hydrogens (tertiary/aromatic N) is 3. The molecule has 1 aromatic heterocycles. The minimum atomic E-state index is -0.485. The van der Waals surface area contributed by atoms with Gasteiger partial charge in [0.15, 0.2) is 0 Å². The van der Waals surface area contributed by atoms with Gasteiger partial charge in [-0.15, -0.1) is 0 Å². The zero-order valence-corrected chi connectivity index (χ0v) is 15.1. The normalized spacial score (nSPS) is 11.8. The first-order chi connectivity index (χ1) is 11.9. The summed E-state index contributed by atoms with van der Waals surface area (Å²) in [5.41, 5.74) is 2.47. The summed E-state index contributed by atoms with van der Waals surface area (Å²) < 4.78 is 1.66. The summed E-state index contributed by atoms with van der Waals surface area (Å²) in [6, 6.07) is 7.05. The van der Waals surface area contributed by atoms with Crippen LogP contribution in [0, 0.1) is 0 Å². The van der Waals surface area contributed by atoms with Gasteiger partial charge in [0, 0.05) is 44.5 Å². The van der Waals surface area contributed by atoms with Crippen molar-refractivity contribution in [1.82, 2.24) is 20.0 Å². The Labute approximate surface area is 148 Å². The van der Waals surface area contributed by atoms with Crippen LogP contribution in [0.1, 0.15) is 31.0 Å². The Morgan fingerprint density at radius 2 is 2.12 bits per heavy atom. The van der Waals surface area contributed by atoms with E-state index in [-0.39, 0.29) is 11.8 Å². The Morgan fingerprint density at radius 3 is 2.68 bits per heavy atom. The molecule has 1 aromatic carbocycles. The Morgan fingerprint density at radius 1 is 1.36 bits per heavy atom. The van der Waals surface area contributed by atoms with Gasteiger partial charge in [0.05, 0.1) is 6.20 Å². The second kappa shape index (κ2) is 8.43. The SMILES string of the molecule is CCN(Cc1cccc(NC(=O)C(NC)c2cnn(C)c2)c1)C(C)=O. The number of nitrogens with one attached hydrogen (secondary N) is 2. The molecule has 2 N–H and O–H groups in total. The molecule has 0 aliphatic heterocycles. The maximum Gasteiger partial charge on any atom is 0.246 e. The predicted molar refractivity (Wildman–Crippen MR) is 96.8 cm³/mol. The van der Waals surface area contributed by atoms with E-state index in [0.29, 0.717) is 18.8 Å². The predicted octanol–water partition coefficient (Wildman–Crippen LogP) is 1.69. The first-order valence-corrected chi connectivity index (χ1v) is 8.25. The molecular weight excluding hydrogens is 318 g/mol. The molecule has 7 heteroatoms. The van der Waals surface area contributed by atoms with Crippen molar-refractivity contribution in [3.05, 3.63) is 47.8 Å². The number of aryl methyl sites for hydroxylation is 1. The lowest BCUT2D eigenvalue weighted by atomic mass is 10.1. The molecule has 134 valence electrons. The third-order valence-electron chi connectivity index (χ3n) is 4.00. The van der Waals surface area contributed by atoms with Crippen molar-refractivity contribution >= 4 is 17.5 Å². The van der Waals surface area contributed by atoms with E-state index < -0.39 is 6.04 Å². The van der Waals surface area contributed by atoms with Gasteiger partial charge >= 0.3 is 0 Å². The highest BCUT2D eigenvalue weighted by Crippen LogP contribution is 2.17. The number of amides is 2. The van der Waals surface area contributed by atoms with Crippen LogP contribution >= 0.6 is 0 Å². The van der Waals surface area contributed by atoms with Gasteiger partial charge in [0.2, 0.25) is 11.8 Å². The van der Waals surface area contributed by atoms with Gasteiger partial charge in [-0.2, -0.15) is 5.10 Å². The molecule has 0 aliphatic carbocycles. The largest absolute Gasteiger partial charge is 0.339 e. The van der Waals surface area contributed by atoms with Crippen molar-refractivity contribution < 1.29 is 9.59 Å². The molecule has 0 fully saturated rings. The van der Waals surface area contributed by atoms with Crippen molar-refractivity contribution in [3.8, 4) is 0 Å². The maximum absolute atomic E-state index is 12.6. The number of rotatable bonds is 7. The lowest BCUT2D eigenvalue weighted by Crippen LogP contribution is -2.30. The summed E-state index contributed by atoms with van der Waals surface area (Å²) in [6.45, 7) is 4.67. The molecule has 0 saturated carbocycles. The Kier molecular flexibility index (Phi) is 6.30. The van der Waals surface area contributed by atoms with Crippen LogP contribution in [0.5, 0.6) is 0 Å². The number of benzene rings is 1. The quantitative estimate of drug-likeness (QED) is 0.802. The number of carbonyl (C=O) groups excluding carboxylic acids is 2. The topological polar surface area (TPSA) is 79.3 Å². The number of hydrogen-bond acceptors (Lipinski definition) is 4. The van der Waals surface area contributed by atoms with E-state index in [4.69, 9.17) is 0 Å². The lowest BCUT2D eigenvalue weighted by Gasteiger charge is -2.19. The van der Waals surface area contributed by atoms with Crippen LogP contribution in [0.2, 0.25) is 0 Å². The summed E-state index contributed by atoms with van der Waals surface area (Å²) in [6.07, 6.45) is 3.48. The van der Waals surface area contributed by atoms with Gasteiger partial charge in [-0.25, -0.2) is 0 Å². The fraction of sp³-hybridized carbons (Fsp3) is 0.389. The molecule has 0 spiro atoms. The van der Waals surface area contributed by atoms with E-state index >= 15 is 0 Å². The highest BCUT2D eigenvalue weighted by molar-refractivity contribution is 5.95. The highest BCUT2D eigenvalue weighted by atomic mass is 16.2. The summed E-state index contributed by atoms with van der Waals surface area (Å²) in [5.74, 6) is -0.129. The van der Waals surface area contributed by atoms with Gasteiger partial charge in [-0.05, 0) is 31.7 Å². The minimum absolute atomic E-state index is 0.0313. The van der Waals surface area contributed by atoms with Gasteiger partial charge in [-0.1, -0.05) is 12.1 Å². The molecule has 2 aromatic rings. The average molecular weight is 343 g/mol. The fourth-order valence-corrected chi connectivity index (χ4v) is 2.67. The van der Waals surface area contributed by atoms with E-state index in [0.717, 1.165) is 11.1 Å². The van der Waals surface area contributed by atoms with E-state index in [9.17, 15) is 9.59 Å². The van der Waals surface area contributed by atoms with Gasteiger partial charge < -0.3 is 15.5 Å². The first-order valence-electron chi connectivity index (χ1n) is 8.25.